The Morgan fingerprint density at radius 2 is 2.15 bits per heavy atom. The number of aliphatic carboxylic acids is 1. The summed E-state index contributed by atoms with van der Waals surface area (Å²) in [5, 5.41) is 8.51. The van der Waals surface area contributed by atoms with Crippen molar-refractivity contribution < 1.29 is 14.6 Å². The van der Waals surface area contributed by atoms with Crippen LogP contribution in [0.25, 0.3) is 0 Å². The number of carboxylic acids is 1. The third-order valence-corrected chi connectivity index (χ3v) is 2.04. The minimum absolute atomic E-state index is 0.262. The van der Waals surface area contributed by atoms with Gasteiger partial charge in [0.2, 0.25) is 0 Å². The van der Waals surface area contributed by atoms with Gasteiger partial charge in [-0.3, -0.25) is 0 Å². The molecule has 0 fully saturated rings. The Bertz CT molecular complexity index is 175. The lowest BCUT2D eigenvalue weighted by atomic mass is 10.1. The summed E-state index contributed by atoms with van der Waals surface area (Å²) < 4.78 is 5.07. The van der Waals surface area contributed by atoms with E-state index in [1.807, 2.05) is 6.92 Å². The molecule has 0 aliphatic rings. The summed E-state index contributed by atoms with van der Waals surface area (Å²) in [7, 11) is 1.68. The molecule has 0 saturated carbocycles. The summed E-state index contributed by atoms with van der Waals surface area (Å²) in [6.07, 6.45) is 3.67. The maximum Gasteiger partial charge on any atom is 0.330 e. The number of unbranched alkanes of at least 4 members (excludes halogenated alkanes) is 1. The van der Waals surface area contributed by atoms with E-state index in [0.717, 1.165) is 19.3 Å². The van der Waals surface area contributed by atoms with Crippen molar-refractivity contribution in [3.05, 3.63) is 12.2 Å². The minimum Gasteiger partial charge on any atom is -0.478 e. The smallest absolute Gasteiger partial charge is 0.330 e. The molecule has 0 aliphatic carbocycles. The largest absolute Gasteiger partial charge is 0.478 e. The van der Waals surface area contributed by atoms with Crippen LogP contribution in [0.15, 0.2) is 12.2 Å². The van der Waals surface area contributed by atoms with Crippen molar-refractivity contribution in [1.29, 1.82) is 0 Å². The Kier molecular flexibility index (Phi) is 6.24. The van der Waals surface area contributed by atoms with Crippen LogP contribution in [0.5, 0.6) is 0 Å². The Morgan fingerprint density at radius 1 is 1.54 bits per heavy atom. The van der Waals surface area contributed by atoms with Crippen LogP contribution in [-0.4, -0.2) is 24.3 Å². The zero-order chi connectivity index (χ0) is 10.3. The maximum absolute atomic E-state index is 10.4. The van der Waals surface area contributed by atoms with E-state index in [0.29, 0.717) is 12.0 Å². The lowest BCUT2D eigenvalue weighted by Gasteiger charge is -2.08. The molecule has 0 aliphatic heterocycles. The second kappa shape index (κ2) is 6.66. The summed E-state index contributed by atoms with van der Waals surface area (Å²) in [5.41, 5.74) is 0.296. The normalized spacial score (nSPS) is 12.5. The van der Waals surface area contributed by atoms with Crippen molar-refractivity contribution in [1.82, 2.24) is 0 Å². The van der Waals surface area contributed by atoms with Gasteiger partial charge in [0.05, 0.1) is 6.10 Å². The van der Waals surface area contributed by atoms with Crippen molar-refractivity contribution >= 4 is 5.97 Å². The van der Waals surface area contributed by atoms with Gasteiger partial charge in [-0.05, 0) is 26.2 Å². The van der Waals surface area contributed by atoms with E-state index in [-0.39, 0.29) is 6.10 Å². The predicted octanol–water partition coefficient (Wildman–Crippen LogP) is 2.22. The summed E-state index contributed by atoms with van der Waals surface area (Å²) >= 11 is 0. The lowest BCUT2D eigenvalue weighted by molar-refractivity contribution is -0.132. The van der Waals surface area contributed by atoms with Crippen LogP contribution in [0.1, 0.15) is 32.6 Å². The van der Waals surface area contributed by atoms with E-state index in [1.54, 1.807) is 7.11 Å². The average Bonchev–Trinajstić information content (AvgIpc) is 2.11. The van der Waals surface area contributed by atoms with Gasteiger partial charge in [-0.25, -0.2) is 4.79 Å². The molecule has 0 spiro atoms. The van der Waals surface area contributed by atoms with E-state index >= 15 is 0 Å². The van der Waals surface area contributed by atoms with Gasteiger partial charge in [-0.2, -0.15) is 0 Å². The number of hydrogen-bond donors (Lipinski definition) is 1. The van der Waals surface area contributed by atoms with Crippen LogP contribution in [-0.2, 0) is 9.53 Å². The molecule has 0 rings (SSSR count). The van der Waals surface area contributed by atoms with Crippen LogP contribution in [0.2, 0.25) is 0 Å². The van der Waals surface area contributed by atoms with E-state index in [4.69, 9.17) is 9.84 Å². The molecule has 13 heavy (non-hydrogen) atoms. The molecule has 0 aromatic carbocycles. The van der Waals surface area contributed by atoms with Gasteiger partial charge in [0, 0.05) is 12.7 Å². The molecule has 76 valence electrons. The topological polar surface area (TPSA) is 46.5 Å². The van der Waals surface area contributed by atoms with Crippen LogP contribution in [0, 0.1) is 0 Å². The van der Waals surface area contributed by atoms with Crippen molar-refractivity contribution in [3.63, 3.8) is 0 Å². The fraction of sp³-hybridized carbons (Fsp3) is 0.700. The van der Waals surface area contributed by atoms with Crippen molar-refractivity contribution in [3.8, 4) is 0 Å². The van der Waals surface area contributed by atoms with Crippen molar-refractivity contribution in [2.75, 3.05) is 7.11 Å². The molecule has 0 saturated heterocycles. The Labute approximate surface area is 79.4 Å². The third-order valence-electron chi connectivity index (χ3n) is 2.04. The fourth-order valence-electron chi connectivity index (χ4n) is 0.995. The zero-order valence-electron chi connectivity index (χ0n) is 8.38. The molecular formula is C10H18O3. The Morgan fingerprint density at radius 3 is 2.62 bits per heavy atom. The van der Waals surface area contributed by atoms with Crippen LogP contribution >= 0.6 is 0 Å². The Hall–Kier alpha value is -0.830. The van der Waals surface area contributed by atoms with Crippen molar-refractivity contribution in [2.45, 2.75) is 38.7 Å². The Balaban J connectivity index is 3.36. The summed E-state index contributed by atoms with van der Waals surface area (Å²) in [6, 6.07) is 0. The summed E-state index contributed by atoms with van der Waals surface area (Å²) in [4.78, 5) is 10.4. The molecule has 1 N–H and O–H groups in total. The highest BCUT2D eigenvalue weighted by molar-refractivity contribution is 5.85. The van der Waals surface area contributed by atoms with E-state index in [2.05, 4.69) is 6.58 Å². The predicted molar refractivity (Wildman–Crippen MR) is 51.7 cm³/mol. The maximum atomic E-state index is 10.4. The molecule has 0 bridgehead atoms. The fourth-order valence-corrected chi connectivity index (χ4v) is 0.995. The van der Waals surface area contributed by atoms with Gasteiger partial charge in [-0.1, -0.05) is 13.0 Å². The third kappa shape index (κ3) is 6.34. The van der Waals surface area contributed by atoms with Gasteiger partial charge in [0.1, 0.15) is 0 Å². The molecule has 3 nitrogen and oxygen atoms in total. The number of carbonyl (C=O) groups is 1. The molecule has 0 aromatic heterocycles. The average molecular weight is 186 g/mol. The van der Waals surface area contributed by atoms with Crippen molar-refractivity contribution in [2.24, 2.45) is 0 Å². The number of hydrogen-bond acceptors (Lipinski definition) is 2. The second-order valence-electron chi connectivity index (χ2n) is 3.20. The highest BCUT2D eigenvalue weighted by Gasteiger charge is 2.04. The molecular weight excluding hydrogens is 168 g/mol. The standard InChI is InChI=1S/C10H18O3/c1-8(10(11)12)6-4-5-7-9(2)13-3/h9H,1,4-7H2,2-3H3,(H,11,12). The van der Waals surface area contributed by atoms with Gasteiger partial charge in [-0.15, -0.1) is 0 Å². The van der Waals surface area contributed by atoms with Gasteiger partial charge in [0.25, 0.3) is 0 Å². The monoisotopic (exact) mass is 186 g/mol. The molecule has 0 amide bonds. The molecule has 1 unspecified atom stereocenters. The first-order valence-corrected chi connectivity index (χ1v) is 4.51. The van der Waals surface area contributed by atoms with Crippen LogP contribution < -0.4 is 0 Å². The summed E-state index contributed by atoms with van der Waals surface area (Å²) in [6.45, 7) is 5.47. The van der Waals surface area contributed by atoms with Gasteiger partial charge >= 0.3 is 5.97 Å². The first-order valence-electron chi connectivity index (χ1n) is 4.51. The lowest BCUT2D eigenvalue weighted by Crippen LogP contribution is -2.04. The highest BCUT2D eigenvalue weighted by atomic mass is 16.5. The second-order valence-corrected chi connectivity index (χ2v) is 3.20. The van der Waals surface area contributed by atoms with E-state index in [9.17, 15) is 4.79 Å². The minimum atomic E-state index is -0.889. The van der Waals surface area contributed by atoms with E-state index in [1.165, 1.54) is 0 Å². The van der Waals surface area contributed by atoms with Crippen LogP contribution in [0.4, 0.5) is 0 Å². The number of carboxylic acid groups (broad SMARTS) is 1. The molecule has 0 aromatic rings. The van der Waals surface area contributed by atoms with Gasteiger partial charge < -0.3 is 9.84 Å². The highest BCUT2D eigenvalue weighted by Crippen LogP contribution is 2.09. The van der Waals surface area contributed by atoms with Gasteiger partial charge in [0.15, 0.2) is 0 Å². The molecule has 0 radical (unpaired) electrons. The quantitative estimate of drug-likeness (QED) is 0.490. The number of rotatable bonds is 7. The first kappa shape index (κ1) is 12.2. The summed E-state index contributed by atoms with van der Waals surface area (Å²) in [5.74, 6) is -0.889. The molecule has 3 heteroatoms. The van der Waals surface area contributed by atoms with Crippen LogP contribution in [0.3, 0.4) is 0 Å². The molecule has 1 atom stereocenters. The zero-order valence-corrected chi connectivity index (χ0v) is 8.38. The first-order chi connectivity index (χ1) is 6.07. The SMILES string of the molecule is C=C(CCCCC(C)OC)C(=O)O. The number of methoxy groups -OCH3 is 1. The molecule has 0 heterocycles. The number of ether oxygens (including phenoxy) is 1. The van der Waals surface area contributed by atoms with E-state index < -0.39 is 5.97 Å².